The molecular weight excluding hydrogens is 553 g/mol. The van der Waals surface area contributed by atoms with Gasteiger partial charge in [0.2, 0.25) is 17.7 Å². The Labute approximate surface area is 243 Å². The number of rotatable bonds is 13. The first-order valence-electron chi connectivity index (χ1n) is 13.5. The number of benzene rings is 1. The van der Waals surface area contributed by atoms with Gasteiger partial charge in [0.25, 0.3) is 0 Å². The first-order valence-corrected chi connectivity index (χ1v) is 14.4. The molecule has 1 saturated heterocycles. The smallest absolute Gasteiger partial charge is 0.246 e. The lowest BCUT2D eigenvalue weighted by Crippen LogP contribution is -2.59. The van der Waals surface area contributed by atoms with Crippen molar-refractivity contribution < 1.29 is 33.4 Å². The molecule has 13 heteroatoms. The maximum absolute atomic E-state index is 15.1. The van der Waals surface area contributed by atoms with Crippen molar-refractivity contribution in [2.75, 3.05) is 39.5 Å². The third kappa shape index (κ3) is 8.76. The molecule has 4 unspecified atom stereocenters. The van der Waals surface area contributed by atoms with E-state index in [-0.39, 0.29) is 32.9 Å². The number of β-amino-alcohol motifs (C(OH)–C–C–N with tert-alkyl or cyclic N) is 1. The summed E-state index contributed by atoms with van der Waals surface area (Å²) < 4.78 is 25.6. The van der Waals surface area contributed by atoms with Crippen LogP contribution in [0.25, 0.3) is 10.4 Å². The third-order valence-electron chi connectivity index (χ3n) is 6.65. The zero-order valence-electron chi connectivity index (χ0n) is 23.9. The maximum atomic E-state index is 15.1. The van der Waals surface area contributed by atoms with Gasteiger partial charge in [-0.2, -0.15) is 0 Å². The molecule has 11 nitrogen and oxygen atoms in total. The van der Waals surface area contributed by atoms with Crippen LogP contribution in [0.5, 0.6) is 0 Å². The number of hydrogen-bond acceptors (Lipinski definition) is 9. The van der Waals surface area contributed by atoms with Crippen molar-refractivity contribution in [1.82, 2.24) is 20.5 Å². The quantitative estimate of drug-likeness (QED) is 0.252. The predicted molar refractivity (Wildman–Crippen MR) is 153 cm³/mol. The fourth-order valence-electron chi connectivity index (χ4n) is 4.44. The highest BCUT2D eigenvalue weighted by atomic mass is 32.1. The molecule has 0 aliphatic carbocycles. The molecule has 0 bridgehead atoms. The van der Waals surface area contributed by atoms with Gasteiger partial charge in [-0.1, -0.05) is 45.0 Å². The van der Waals surface area contributed by atoms with Crippen LogP contribution in [-0.4, -0.2) is 96.6 Å². The van der Waals surface area contributed by atoms with Gasteiger partial charge in [-0.15, -0.1) is 11.3 Å². The van der Waals surface area contributed by atoms with Gasteiger partial charge in [0, 0.05) is 13.1 Å². The lowest BCUT2D eigenvalue weighted by atomic mass is 9.85. The van der Waals surface area contributed by atoms with E-state index in [1.807, 2.05) is 31.2 Å². The molecule has 4 atom stereocenters. The van der Waals surface area contributed by atoms with Crippen LogP contribution in [0.4, 0.5) is 4.39 Å². The number of aliphatic hydroxyl groups is 1. The minimum Gasteiger partial charge on any atom is -0.388 e. The van der Waals surface area contributed by atoms with Crippen molar-refractivity contribution in [1.29, 1.82) is 0 Å². The number of ether oxygens (including phenoxy) is 2. The number of hydrogen-bond donors (Lipinski definition) is 4. The highest BCUT2D eigenvalue weighted by Crippen LogP contribution is 2.29. The first-order chi connectivity index (χ1) is 19.4. The van der Waals surface area contributed by atoms with E-state index in [1.54, 1.807) is 26.3 Å². The molecule has 226 valence electrons. The normalized spacial score (nSPS) is 19.7. The number of aliphatic hydroxyl groups excluding tert-OH is 1. The van der Waals surface area contributed by atoms with Crippen molar-refractivity contribution in [3.05, 3.63) is 41.0 Å². The Hall–Kier alpha value is -2.97. The SMILES string of the molecule is Cc1ncsc1-c1ccc(CNC(=O)C2C(F)C(O)CN2C(=O)C(NC(=O)COCCOCCN)C(C)(C)C)cc1. The molecule has 41 heavy (non-hydrogen) atoms. The molecule has 2 aromatic rings. The van der Waals surface area contributed by atoms with Crippen LogP contribution < -0.4 is 16.4 Å². The largest absolute Gasteiger partial charge is 0.388 e. The molecule has 1 aromatic carbocycles. The fraction of sp³-hybridized carbons (Fsp3) is 0.571. The molecule has 0 saturated carbocycles. The van der Waals surface area contributed by atoms with Gasteiger partial charge in [0.15, 0.2) is 6.17 Å². The van der Waals surface area contributed by atoms with Crippen molar-refractivity contribution in [2.45, 2.75) is 58.6 Å². The Bertz CT molecular complexity index is 1170. The first kappa shape index (κ1) is 32.5. The molecule has 5 N–H and O–H groups in total. The van der Waals surface area contributed by atoms with Gasteiger partial charge in [-0.05, 0) is 23.5 Å². The second-order valence-corrected chi connectivity index (χ2v) is 11.8. The molecule has 3 amide bonds. The van der Waals surface area contributed by atoms with Crippen LogP contribution in [0, 0.1) is 12.3 Å². The van der Waals surface area contributed by atoms with Crippen LogP contribution in [0.2, 0.25) is 0 Å². The van der Waals surface area contributed by atoms with Crippen LogP contribution >= 0.6 is 11.3 Å². The van der Waals surface area contributed by atoms with Crippen molar-refractivity contribution >= 4 is 29.1 Å². The number of nitrogens with zero attached hydrogens (tertiary/aromatic N) is 2. The Morgan fingerprint density at radius 1 is 1.20 bits per heavy atom. The number of carbonyl (C=O) groups excluding carboxylic acids is 3. The molecule has 1 aromatic heterocycles. The zero-order chi connectivity index (χ0) is 30.2. The van der Waals surface area contributed by atoms with E-state index < -0.39 is 47.5 Å². The van der Waals surface area contributed by atoms with E-state index in [9.17, 15) is 19.5 Å². The van der Waals surface area contributed by atoms with E-state index in [0.29, 0.717) is 13.2 Å². The Kier molecular flexibility index (Phi) is 11.7. The number of carbonyl (C=O) groups is 3. The number of thiazole rings is 1. The summed E-state index contributed by atoms with van der Waals surface area (Å²) in [6, 6.07) is 4.90. The number of alkyl halides is 1. The minimum absolute atomic E-state index is 0.105. The summed E-state index contributed by atoms with van der Waals surface area (Å²) >= 11 is 1.54. The van der Waals surface area contributed by atoms with Crippen molar-refractivity contribution in [3.63, 3.8) is 0 Å². The Balaban J connectivity index is 1.63. The molecule has 0 radical (unpaired) electrons. The van der Waals surface area contributed by atoms with Crippen LogP contribution in [0.3, 0.4) is 0 Å². The summed E-state index contributed by atoms with van der Waals surface area (Å²) in [5.41, 5.74) is 9.06. The summed E-state index contributed by atoms with van der Waals surface area (Å²) in [5, 5.41) is 15.6. The van der Waals surface area contributed by atoms with E-state index in [0.717, 1.165) is 26.6 Å². The van der Waals surface area contributed by atoms with Crippen molar-refractivity contribution in [3.8, 4) is 10.4 Å². The molecule has 2 heterocycles. The average Bonchev–Trinajstić information content (AvgIpc) is 3.49. The van der Waals surface area contributed by atoms with Gasteiger partial charge >= 0.3 is 0 Å². The fourth-order valence-corrected chi connectivity index (χ4v) is 5.25. The minimum atomic E-state index is -1.98. The second kappa shape index (κ2) is 14.8. The van der Waals surface area contributed by atoms with Gasteiger partial charge in [-0.25, -0.2) is 9.37 Å². The van der Waals surface area contributed by atoms with E-state index >= 15 is 4.39 Å². The lowest BCUT2D eigenvalue weighted by Gasteiger charge is -2.35. The van der Waals surface area contributed by atoms with Crippen LogP contribution in [0.15, 0.2) is 29.8 Å². The summed E-state index contributed by atoms with van der Waals surface area (Å²) in [6.07, 6.45) is -3.52. The Morgan fingerprint density at radius 3 is 2.49 bits per heavy atom. The van der Waals surface area contributed by atoms with Gasteiger partial charge in [0.05, 0.1) is 42.4 Å². The number of aromatic nitrogens is 1. The average molecular weight is 594 g/mol. The van der Waals surface area contributed by atoms with E-state index in [2.05, 4.69) is 15.6 Å². The molecule has 0 spiro atoms. The third-order valence-corrected chi connectivity index (χ3v) is 7.63. The number of aryl methyl sites for hydroxylation is 1. The molecule has 1 fully saturated rings. The number of likely N-dealkylation sites (tertiary alicyclic amines) is 1. The second-order valence-electron chi connectivity index (χ2n) is 10.9. The van der Waals surface area contributed by atoms with E-state index in [4.69, 9.17) is 15.2 Å². The highest BCUT2D eigenvalue weighted by molar-refractivity contribution is 7.13. The van der Waals surface area contributed by atoms with Gasteiger partial charge in [0.1, 0.15) is 24.8 Å². The molecule has 3 rings (SSSR count). The number of halogens is 1. The van der Waals surface area contributed by atoms with Crippen LogP contribution in [0.1, 0.15) is 32.0 Å². The van der Waals surface area contributed by atoms with Crippen LogP contribution in [-0.2, 0) is 30.4 Å². The molecule has 1 aliphatic heterocycles. The molecular formula is C28H40FN5O6S. The molecule has 1 aliphatic rings. The highest BCUT2D eigenvalue weighted by Gasteiger charge is 2.50. The monoisotopic (exact) mass is 593 g/mol. The summed E-state index contributed by atoms with van der Waals surface area (Å²) in [6.45, 7) is 7.75. The van der Waals surface area contributed by atoms with Gasteiger partial charge < -0.3 is 35.8 Å². The maximum Gasteiger partial charge on any atom is 0.246 e. The topological polar surface area (TPSA) is 156 Å². The van der Waals surface area contributed by atoms with Crippen molar-refractivity contribution in [2.24, 2.45) is 11.1 Å². The van der Waals surface area contributed by atoms with Gasteiger partial charge in [-0.3, -0.25) is 14.4 Å². The van der Waals surface area contributed by atoms with E-state index in [1.165, 1.54) is 11.3 Å². The lowest BCUT2D eigenvalue weighted by molar-refractivity contribution is -0.145. The Morgan fingerprint density at radius 2 is 1.88 bits per heavy atom. The standard InChI is InChI=1S/C28H40FN5O6S/c1-17-24(41-16-32-17)19-7-5-18(6-8-19)13-31-26(37)23-22(29)20(35)14-34(23)27(38)25(28(2,3)4)33-21(36)15-40-12-11-39-10-9-30/h5-8,16,20,22-23,25,35H,9-15,30H2,1-4H3,(H,31,37)(H,33,36). The number of amides is 3. The number of nitrogens with one attached hydrogen (secondary N) is 2. The summed E-state index contributed by atoms with van der Waals surface area (Å²) in [5.74, 6) is -1.95. The zero-order valence-corrected chi connectivity index (χ0v) is 24.7. The predicted octanol–water partition coefficient (Wildman–Crippen LogP) is 1.17. The number of nitrogens with two attached hydrogens (primary N) is 1. The summed E-state index contributed by atoms with van der Waals surface area (Å²) in [4.78, 5) is 45.6. The summed E-state index contributed by atoms with van der Waals surface area (Å²) in [7, 11) is 0.